The van der Waals surface area contributed by atoms with E-state index in [0.717, 1.165) is 5.56 Å². The van der Waals surface area contributed by atoms with Gasteiger partial charge in [-0.15, -0.1) is 0 Å². The first-order valence-corrected chi connectivity index (χ1v) is 6.37. The number of amides is 2. The SMILES string of the molecule is Cc1ccccc1NC(=O)[C@H](NC(=O)C(F)(F)F)C(C)C. The molecule has 116 valence electrons. The Kier molecular flexibility index (Phi) is 5.34. The van der Waals surface area contributed by atoms with Crippen LogP contribution in [-0.2, 0) is 9.59 Å². The van der Waals surface area contributed by atoms with E-state index < -0.39 is 30.0 Å². The summed E-state index contributed by atoms with van der Waals surface area (Å²) in [6, 6.07) is 5.60. The Labute approximate surface area is 120 Å². The molecule has 1 aromatic carbocycles. The van der Waals surface area contributed by atoms with E-state index in [2.05, 4.69) is 5.32 Å². The number of hydrogen-bond donors (Lipinski definition) is 2. The summed E-state index contributed by atoms with van der Waals surface area (Å²) >= 11 is 0. The van der Waals surface area contributed by atoms with E-state index >= 15 is 0 Å². The molecule has 0 heterocycles. The van der Waals surface area contributed by atoms with E-state index in [9.17, 15) is 22.8 Å². The Morgan fingerprint density at radius 2 is 1.71 bits per heavy atom. The molecular weight excluding hydrogens is 285 g/mol. The van der Waals surface area contributed by atoms with Crippen LogP contribution in [0, 0.1) is 12.8 Å². The fourth-order valence-corrected chi connectivity index (χ4v) is 1.68. The Hall–Kier alpha value is -2.05. The Morgan fingerprint density at radius 3 is 2.19 bits per heavy atom. The molecule has 0 radical (unpaired) electrons. The molecule has 7 heteroatoms. The Bertz CT molecular complexity index is 527. The predicted octanol–water partition coefficient (Wildman–Crippen LogP) is 2.64. The van der Waals surface area contributed by atoms with Crippen molar-refractivity contribution in [3.8, 4) is 0 Å². The third-order valence-corrected chi connectivity index (χ3v) is 2.90. The Morgan fingerprint density at radius 1 is 1.14 bits per heavy atom. The second-order valence-corrected chi connectivity index (χ2v) is 5.00. The minimum absolute atomic E-state index is 0.486. The van der Waals surface area contributed by atoms with Gasteiger partial charge in [0.25, 0.3) is 0 Å². The number of hydrogen-bond acceptors (Lipinski definition) is 2. The minimum atomic E-state index is -5.02. The third kappa shape index (κ3) is 4.77. The quantitative estimate of drug-likeness (QED) is 0.898. The number of rotatable bonds is 4. The molecule has 0 aliphatic carbocycles. The largest absolute Gasteiger partial charge is 0.471 e. The first-order valence-electron chi connectivity index (χ1n) is 6.37. The molecular formula is C14H17F3N2O2. The lowest BCUT2D eigenvalue weighted by molar-refractivity contribution is -0.175. The third-order valence-electron chi connectivity index (χ3n) is 2.90. The lowest BCUT2D eigenvalue weighted by atomic mass is 10.0. The summed E-state index contributed by atoms with van der Waals surface area (Å²) in [5.41, 5.74) is 1.27. The highest BCUT2D eigenvalue weighted by molar-refractivity contribution is 5.98. The molecule has 21 heavy (non-hydrogen) atoms. The zero-order chi connectivity index (χ0) is 16.2. The van der Waals surface area contributed by atoms with E-state index in [-0.39, 0.29) is 0 Å². The molecule has 0 saturated heterocycles. The maximum Gasteiger partial charge on any atom is 0.471 e. The van der Waals surface area contributed by atoms with Crippen molar-refractivity contribution < 1.29 is 22.8 Å². The van der Waals surface area contributed by atoms with Gasteiger partial charge in [0.05, 0.1) is 0 Å². The highest BCUT2D eigenvalue weighted by Gasteiger charge is 2.41. The molecule has 2 amide bonds. The fourth-order valence-electron chi connectivity index (χ4n) is 1.68. The number of carbonyl (C=O) groups is 2. The van der Waals surface area contributed by atoms with Gasteiger partial charge in [-0.1, -0.05) is 32.0 Å². The number of aryl methyl sites for hydroxylation is 1. The van der Waals surface area contributed by atoms with Crippen molar-refractivity contribution in [2.75, 3.05) is 5.32 Å². The summed E-state index contributed by atoms with van der Waals surface area (Å²) in [5.74, 6) is -3.29. The average Bonchev–Trinajstić information content (AvgIpc) is 2.36. The number of alkyl halides is 3. The van der Waals surface area contributed by atoms with Crippen molar-refractivity contribution in [2.24, 2.45) is 5.92 Å². The molecule has 0 saturated carbocycles. The molecule has 0 aliphatic heterocycles. The van der Waals surface area contributed by atoms with Crippen LogP contribution in [0.1, 0.15) is 19.4 Å². The van der Waals surface area contributed by atoms with Gasteiger partial charge in [0.2, 0.25) is 5.91 Å². The molecule has 0 fully saturated rings. The molecule has 1 aromatic rings. The predicted molar refractivity (Wildman–Crippen MR) is 72.6 cm³/mol. The molecule has 2 N–H and O–H groups in total. The molecule has 1 rings (SSSR count). The lowest BCUT2D eigenvalue weighted by Gasteiger charge is -2.22. The standard InChI is InChI=1S/C14H17F3N2O2/c1-8(2)11(19-13(21)14(15,16)17)12(20)18-10-7-5-4-6-9(10)3/h4-8,11H,1-3H3,(H,18,20)(H,19,21)/t11-/m1/s1. The molecule has 0 aromatic heterocycles. The number of benzene rings is 1. The van der Waals surface area contributed by atoms with Gasteiger partial charge in [-0.05, 0) is 24.5 Å². The van der Waals surface area contributed by atoms with Gasteiger partial charge < -0.3 is 10.6 Å². The van der Waals surface area contributed by atoms with Crippen LogP contribution in [0.3, 0.4) is 0 Å². The van der Waals surface area contributed by atoms with E-state index in [1.807, 2.05) is 0 Å². The number of nitrogens with one attached hydrogen (secondary N) is 2. The van der Waals surface area contributed by atoms with Crippen molar-refractivity contribution in [1.82, 2.24) is 5.32 Å². The van der Waals surface area contributed by atoms with Gasteiger partial charge in [0, 0.05) is 5.69 Å². The van der Waals surface area contributed by atoms with Crippen LogP contribution in [0.15, 0.2) is 24.3 Å². The van der Waals surface area contributed by atoms with Crippen molar-refractivity contribution in [2.45, 2.75) is 33.0 Å². The maximum absolute atomic E-state index is 12.3. The number of carbonyl (C=O) groups excluding carboxylic acids is 2. The second kappa shape index (κ2) is 6.60. The van der Waals surface area contributed by atoms with E-state index in [0.29, 0.717) is 5.69 Å². The van der Waals surface area contributed by atoms with Crippen molar-refractivity contribution in [1.29, 1.82) is 0 Å². The smallest absolute Gasteiger partial charge is 0.336 e. The Balaban J connectivity index is 2.84. The van der Waals surface area contributed by atoms with Gasteiger partial charge in [0.1, 0.15) is 6.04 Å². The average molecular weight is 302 g/mol. The fraction of sp³-hybridized carbons (Fsp3) is 0.429. The molecule has 1 atom stereocenters. The van der Waals surface area contributed by atoms with E-state index in [4.69, 9.17) is 0 Å². The van der Waals surface area contributed by atoms with Crippen LogP contribution in [0.2, 0.25) is 0 Å². The summed E-state index contributed by atoms with van der Waals surface area (Å²) in [6.45, 7) is 4.87. The molecule has 0 spiro atoms. The summed E-state index contributed by atoms with van der Waals surface area (Å²) in [5, 5.41) is 4.25. The van der Waals surface area contributed by atoms with Gasteiger partial charge in [0.15, 0.2) is 0 Å². The summed E-state index contributed by atoms with van der Waals surface area (Å²) in [6.07, 6.45) is -5.02. The first-order chi connectivity index (χ1) is 9.62. The maximum atomic E-state index is 12.3. The van der Waals surface area contributed by atoms with Crippen LogP contribution in [0.4, 0.5) is 18.9 Å². The van der Waals surface area contributed by atoms with E-state index in [1.54, 1.807) is 50.4 Å². The minimum Gasteiger partial charge on any atom is -0.336 e. The topological polar surface area (TPSA) is 58.2 Å². The van der Waals surface area contributed by atoms with Crippen molar-refractivity contribution >= 4 is 17.5 Å². The van der Waals surface area contributed by atoms with Crippen LogP contribution < -0.4 is 10.6 Å². The normalized spacial score (nSPS) is 12.9. The summed E-state index contributed by atoms with van der Waals surface area (Å²) in [4.78, 5) is 23.1. The van der Waals surface area contributed by atoms with Crippen molar-refractivity contribution in [3.05, 3.63) is 29.8 Å². The number of anilines is 1. The van der Waals surface area contributed by atoms with Crippen molar-refractivity contribution in [3.63, 3.8) is 0 Å². The monoisotopic (exact) mass is 302 g/mol. The van der Waals surface area contributed by atoms with Crippen LogP contribution in [-0.4, -0.2) is 24.0 Å². The molecule has 0 bridgehead atoms. The zero-order valence-electron chi connectivity index (χ0n) is 11.9. The van der Waals surface area contributed by atoms with Crippen LogP contribution in [0.25, 0.3) is 0 Å². The van der Waals surface area contributed by atoms with Gasteiger partial charge >= 0.3 is 12.1 Å². The molecule has 4 nitrogen and oxygen atoms in total. The van der Waals surface area contributed by atoms with Gasteiger partial charge in [-0.3, -0.25) is 9.59 Å². The molecule has 0 aliphatic rings. The summed E-state index contributed by atoms with van der Waals surface area (Å²) < 4.78 is 36.9. The lowest BCUT2D eigenvalue weighted by Crippen LogP contribution is -2.51. The van der Waals surface area contributed by atoms with Gasteiger partial charge in [-0.25, -0.2) is 0 Å². The highest BCUT2D eigenvalue weighted by Crippen LogP contribution is 2.17. The number of para-hydroxylation sites is 1. The summed E-state index contributed by atoms with van der Waals surface area (Å²) in [7, 11) is 0. The highest BCUT2D eigenvalue weighted by atomic mass is 19.4. The zero-order valence-corrected chi connectivity index (χ0v) is 11.9. The number of halogens is 3. The van der Waals surface area contributed by atoms with Crippen LogP contribution in [0.5, 0.6) is 0 Å². The van der Waals surface area contributed by atoms with E-state index in [1.165, 1.54) is 0 Å². The second-order valence-electron chi connectivity index (χ2n) is 5.00. The molecule has 0 unspecified atom stereocenters. The first kappa shape index (κ1) is 17.0. The van der Waals surface area contributed by atoms with Crippen LogP contribution >= 0.6 is 0 Å². The van der Waals surface area contributed by atoms with Gasteiger partial charge in [-0.2, -0.15) is 13.2 Å².